The number of methoxy groups -OCH3 is 2. The smallest absolute Gasteiger partial charge is 0.342 e. The minimum Gasteiger partial charge on any atom is -0.481 e. The molecule has 39 heavy (non-hydrogen) atoms. The molecular formula is C26H50O13. The van der Waals surface area contributed by atoms with Crippen molar-refractivity contribution in [3.63, 3.8) is 0 Å². The molecule has 0 amide bonds. The highest BCUT2D eigenvalue weighted by molar-refractivity contribution is 5.78. The molecule has 13 heteroatoms. The monoisotopic (exact) mass is 570 g/mol. The van der Waals surface area contributed by atoms with Crippen LogP contribution in [0.4, 0.5) is 0 Å². The van der Waals surface area contributed by atoms with E-state index in [2.05, 4.69) is 0 Å². The lowest BCUT2D eigenvalue weighted by Gasteiger charge is -2.57. The quantitative estimate of drug-likeness (QED) is 0.154. The maximum atomic E-state index is 13.8. The maximum absolute atomic E-state index is 13.8. The number of hydrogen-bond donors (Lipinski definition) is 2. The molecule has 0 saturated heterocycles. The molecule has 0 rings (SSSR count). The van der Waals surface area contributed by atoms with E-state index in [0.29, 0.717) is 0 Å². The Bertz CT molecular complexity index is 669. The van der Waals surface area contributed by atoms with Crippen LogP contribution < -0.4 is 0 Å². The lowest BCUT2D eigenvalue weighted by Crippen LogP contribution is -2.78. The van der Waals surface area contributed by atoms with Gasteiger partial charge in [0.25, 0.3) is 5.79 Å². The lowest BCUT2D eigenvalue weighted by molar-refractivity contribution is -0.529. The van der Waals surface area contributed by atoms with E-state index in [-0.39, 0.29) is 65.5 Å². The van der Waals surface area contributed by atoms with Gasteiger partial charge in [0.15, 0.2) is 11.5 Å². The molecule has 3 unspecified atom stereocenters. The molecule has 3 atom stereocenters. The highest BCUT2D eigenvalue weighted by atomic mass is 16.9. The van der Waals surface area contributed by atoms with Crippen molar-refractivity contribution in [3.8, 4) is 0 Å². The molecule has 0 aromatic carbocycles. The second-order valence-electron chi connectivity index (χ2n) is 8.15. The maximum Gasteiger partial charge on any atom is 0.342 e. The Kier molecular flexibility index (Phi) is 17.4. The number of carboxylic acid groups (broad SMARTS) is 2. The second-order valence-corrected chi connectivity index (χ2v) is 8.15. The largest absolute Gasteiger partial charge is 0.481 e. The summed E-state index contributed by atoms with van der Waals surface area (Å²) in [7, 11) is 2.49. The summed E-state index contributed by atoms with van der Waals surface area (Å²) in [5.41, 5.74) is -2.37. The van der Waals surface area contributed by atoms with Gasteiger partial charge in [-0.05, 0) is 61.3 Å². The van der Waals surface area contributed by atoms with Crippen molar-refractivity contribution in [2.24, 2.45) is 5.41 Å². The molecule has 0 saturated carbocycles. The van der Waals surface area contributed by atoms with Gasteiger partial charge in [0, 0.05) is 66.9 Å². The van der Waals surface area contributed by atoms with Crippen LogP contribution in [0.1, 0.15) is 67.7 Å². The third-order valence-corrected chi connectivity index (χ3v) is 6.01. The van der Waals surface area contributed by atoms with Gasteiger partial charge in [-0.25, -0.2) is 0 Å². The van der Waals surface area contributed by atoms with Gasteiger partial charge < -0.3 is 52.8 Å². The minimum atomic E-state index is -2.42. The van der Waals surface area contributed by atoms with Crippen LogP contribution in [0, 0.1) is 5.41 Å². The Balaban J connectivity index is 8.14. The van der Waals surface area contributed by atoms with E-state index in [1.807, 2.05) is 0 Å². The van der Waals surface area contributed by atoms with Gasteiger partial charge >= 0.3 is 23.9 Å². The number of aliphatic carboxylic acids is 2. The molecule has 232 valence electrons. The normalized spacial score (nSPS) is 16.4. The van der Waals surface area contributed by atoms with Crippen molar-refractivity contribution in [1.29, 1.82) is 0 Å². The molecule has 0 aromatic rings. The summed E-state index contributed by atoms with van der Waals surface area (Å²) in [5, 5.41) is 20.6. The summed E-state index contributed by atoms with van der Waals surface area (Å²) in [5.74, 6) is -9.39. The van der Waals surface area contributed by atoms with Crippen LogP contribution in [-0.4, -0.2) is 106 Å². The first kappa shape index (κ1) is 37.6. The van der Waals surface area contributed by atoms with Gasteiger partial charge in [-0.1, -0.05) is 0 Å². The first-order chi connectivity index (χ1) is 18.5. The van der Waals surface area contributed by atoms with Crippen LogP contribution in [0.5, 0.6) is 0 Å². The van der Waals surface area contributed by atoms with Gasteiger partial charge in [0.05, 0.1) is 0 Å². The summed E-state index contributed by atoms with van der Waals surface area (Å²) >= 11 is 0. The Morgan fingerprint density at radius 3 is 1.36 bits per heavy atom. The van der Waals surface area contributed by atoms with Crippen molar-refractivity contribution in [1.82, 2.24) is 0 Å². The third kappa shape index (κ3) is 7.86. The van der Waals surface area contributed by atoms with Crippen molar-refractivity contribution >= 4 is 11.9 Å². The van der Waals surface area contributed by atoms with Crippen LogP contribution in [0.25, 0.3) is 0 Å². The summed E-state index contributed by atoms with van der Waals surface area (Å²) < 4.78 is 54.2. The fraction of sp³-hybridized carbons (Fsp3) is 0.923. The van der Waals surface area contributed by atoms with E-state index in [4.69, 9.17) is 42.6 Å². The van der Waals surface area contributed by atoms with Crippen LogP contribution in [0.2, 0.25) is 0 Å². The molecule has 0 spiro atoms. The molecule has 0 heterocycles. The zero-order valence-electron chi connectivity index (χ0n) is 25.0. The van der Waals surface area contributed by atoms with E-state index in [1.54, 1.807) is 48.5 Å². The van der Waals surface area contributed by atoms with E-state index < -0.39 is 41.2 Å². The van der Waals surface area contributed by atoms with Crippen LogP contribution in [0.3, 0.4) is 0 Å². The van der Waals surface area contributed by atoms with Gasteiger partial charge in [-0.2, -0.15) is 0 Å². The van der Waals surface area contributed by atoms with Gasteiger partial charge in [0.1, 0.15) is 0 Å². The molecular weight excluding hydrogens is 520 g/mol. The predicted molar refractivity (Wildman–Crippen MR) is 139 cm³/mol. The fourth-order valence-electron chi connectivity index (χ4n) is 4.99. The molecule has 13 nitrogen and oxygen atoms in total. The van der Waals surface area contributed by atoms with Crippen LogP contribution >= 0.6 is 0 Å². The zero-order valence-corrected chi connectivity index (χ0v) is 25.0. The minimum absolute atomic E-state index is 0.00812. The highest BCUT2D eigenvalue weighted by Gasteiger charge is 2.78. The summed E-state index contributed by atoms with van der Waals surface area (Å²) in [6, 6.07) is 0. The van der Waals surface area contributed by atoms with E-state index in [1.165, 1.54) is 14.2 Å². The first-order valence-electron chi connectivity index (χ1n) is 13.5. The van der Waals surface area contributed by atoms with Crippen molar-refractivity contribution in [3.05, 3.63) is 0 Å². The molecule has 0 aromatic heterocycles. The predicted octanol–water partition coefficient (Wildman–Crippen LogP) is 3.23. The molecule has 0 aliphatic rings. The van der Waals surface area contributed by atoms with Crippen LogP contribution in [-0.2, 0) is 52.2 Å². The number of hydrogen-bond acceptors (Lipinski definition) is 11. The zero-order chi connectivity index (χ0) is 30.2. The van der Waals surface area contributed by atoms with Gasteiger partial charge in [-0.3, -0.25) is 9.59 Å². The topological polar surface area (TPSA) is 158 Å². The Hall–Kier alpha value is -1.42. The molecule has 0 aliphatic heterocycles. The third-order valence-electron chi connectivity index (χ3n) is 6.01. The average Bonchev–Trinajstić information content (AvgIpc) is 2.87. The second kappa shape index (κ2) is 18.1. The first-order valence-corrected chi connectivity index (χ1v) is 13.5. The van der Waals surface area contributed by atoms with E-state index >= 15 is 0 Å². The molecule has 0 aliphatic carbocycles. The van der Waals surface area contributed by atoms with Gasteiger partial charge in [0.2, 0.25) is 0 Å². The average molecular weight is 571 g/mol. The molecule has 0 fully saturated rings. The molecule has 0 bridgehead atoms. The van der Waals surface area contributed by atoms with E-state index in [0.717, 1.165) is 0 Å². The Morgan fingerprint density at radius 2 is 1.08 bits per heavy atom. The van der Waals surface area contributed by atoms with Crippen molar-refractivity contribution < 1.29 is 62.4 Å². The molecule has 2 N–H and O–H groups in total. The summed E-state index contributed by atoms with van der Waals surface area (Å²) in [6.45, 7) is 11.8. The number of carboxylic acids is 2. The Morgan fingerprint density at radius 1 is 0.667 bits per heavy atom. The Labute approximate surface area is 232 Å². The number of rotatable bonds is 25. The van der Waals surface area contributed by atoms with Crippen LogP contribution in [0.15, 0.2) is 0 Å². The lowest BCUT2D eigenvalue weighted by atomic mass is 9.67. The van der Waals surface area contributed by atoms with Crippen molar-refractivity contribution in [2.45, 2.75) is 91.6 Å². The summed E-state index contributed by atoms with van der Waals surface area (Å²) in [4.78, 5) is 25.3. The van der Waals surface area contributed by atoms with E-state index in [9.17, 15) is 19.8 Å². The standard InChI is InChI=1S/C26H50O13/c1-10-33-24(34-11-2,35-12-3)21(31-8)23(22(29)30,19-17-18-20(27)28)25(32-9,36-13-4)26(37-14-5,38-15-6)39-16-7/h21H,10-19H2,1-9H3,(H,27,28)(H,29,30). The highest BCUT2D eigenvalue weighted by Crippen LogP contribution is 2.55. The van der Waals surface area contributed by atoms with Crippen molar-refractivity contribution in [2.75, 3.05) is 60.5 Å². The SMILES string of the molecule is CCOC(OCC)(OCC)C(OC)C(CCCC(=O)O)(C(=O)O)C(OC)(OCC)C(OCC)(OCC)OCC. The molecule has 0 radical (unpaired) electrons. The fourth-order valence-corrected chi connectivity index (χ4v) is 4.99. The number of ether oxygens (including phenoxy) is 9. The number of carbonyl (C=O) groups is 2. The van der Waals surface area contributed by atoms with Gasteiger partial charge in [-0.15, -0.1) is 0 Å². The summed E-state index contributed by atoms with van der Waals surface area (Å²) in [6.07, 6.45) is -2.53.